The topological polar surface area (TPSA) is 129 Å². The highest BCUT2D eigenvalue weighted by atomic mass is 19.1. The number of hydrogen-bond donors (Lipinski definition) is 0. The van der Waals surface area contributed by atoms with Crippen molar-refractivity contribution in [1.82, 2.24) is 14.7 Å². The van der Waals surface area contributed by atoms with Crippen LogP contribution < -0.4 is 0 Å². The van der Waals surface area contributed by atoms with Gasteiger partial charge in [0, 0.05) is 0 Å². The molecule has 8 atom stereocenters. The molecule has 3 heterocycles. The maximum absolute atomic E-state index is 15.0. The van der Waals surface area contributed by atoms with Crippen molar-refractivity contribution < 1.29 is 46.6 Å². The van der Waals surface area contributed by atoms with Crippen molar-refractivity contribution in [2.45, 2.75) is 168 Å². The van der Waals surface area contributed by atoms with E-state index in [-0.39, 0.29) is 31.0 Å². The molecule has 0 radical (unpaired) electrons. The maximum Gasteiger partial charge on any atom is 0.411 e. The first-order valence-electron chi connectivity index (χ1n) is 23.5. The minimum absolute atomic E-state index is 0.132. The molecule has 366 valence electrons. The molecule has 3 aliphatic rings. The van der Waals surface area contributed by atoms with Crippen LogP contribution in [0.3, 0.4) is 0 Å². The Morgan fingerprint density at radius 3 is 1.41 bits per heavy atom. The monoisotopic (exact) mass is 940 g/mol. The molecule has 3 saturated heterocycles. The van der Waals surface area contributed by atoms with E-state index in [4.69, 9.17) is 14.2 Å². The molecule has 3 amide bonds. The summed E-state index contributed by atoms with van der Waals surface area (Å²) in [5, 5.41) is 10.2. The number of Topliss-reactive ketones (excluding diaryl/α,β-unsaturated/α-hetero) is 1. The van der Waals surface area contributed by atoms with Gasteiger partial charge in [0.05, 0.1) is 47.7 Å². The van der Waals surface area contributed by atoms with Gasteiger partial charge in [-0.25, -0.2) is 27.6 Å². The molecule has 2 unspecified atom stereocenters. The Hall–Kier alpha value is -5.84. The number of benzene rings is 3. The number of carbonyl (C=O) groups is 4. The van der Waals surface area contributed by atoms with Crippen molar-refractivity contribution in [3.8, 4) is 6.07 Å². The highest BCUT2D eigenvalue weighted by molar-refractivity contribution is 5.87. The van der Waals surface area contributed by atoms with E-state index in [0.29, 0.717) is 41.5 Å². The normalized spacial score (nSPS) is 24.4. The molecule has 0 N–H and O–H groups in total. The van der Waals surface area contributed by atoms with Crippen LogP contribution in [0.5, 0.6) is 0 Å². The van der Waals surface area contributed by atoms with Gasteiger partial charge in [0.25, 0.3) is 0 Å². The van der Waals surface area contributed by atoms with Crippen LogP contribution in [0.4, 0.5) is 27.6 Å². The van der Waals surface area contributed by atoms with Crippen LogP contribution in [0.2, 0.25) is 0 Å². The number of rotatable bonds is 12. The fourth-order valence-corrected chi connectivity index (χ4v) is 11.1. The van der Waals surface area contributed by atoms with Gasteiger partial charge >= 0.3 is 18.3 Å². The Morgan fingerprint density at radius 2 is 1.01 bits per heavy atom. The van der Waals surface area contributed by atoms with Gasteiger partial charge in [-0.2, -0.15) is 5.26 Å². The first kappa shape index (κ1) is 51.5. The van der Waals surface area contributed by atoms with E-state index >= 15 is 0 Å². The highest BCUT2D eigenvalue weighted by Gasteiger charge is 2.53. The number of ketones is 1. The van der Waals surface area contributed by atoms with Crippen LogP contribution in [0.15, 0.2) is 84.9 Å². The van der Waals surface area contributed by atoms with E-state index in [2.05, 4.69) is 12.6 Å². The molecule has 68 heavy (non-hydrogen) atoms. The minimum atomic E-state index is -1.24. The van der Waals surface area contributed by atoms with E-state index in [1.54, 1.807) is 115 Å². The Balaban J connectivity index is 1.28. The average Bonchev–Trinajstić information content (AvgIpc) is 3.94. The lowest BCUT2D eigenvalue weighted by Crippen LogP contribution is -2.48. The molecule has 14 heteroatoms. The molecule has 0 saturated carbocycles. The molecule has 0 aromatic heterocycles. The van der Waals surface area contributed by atoms with Crippen molar-refractivity contribution in [1.29, 1.82) is 5.26 Å². The van der Waals surface area contributed by atoms with Gasteiger partial charge < -0.3 is 14.2 Å². The van der Waals surface area contributed by atoms with Gasteiger partial charge in [0.2, 0.25) is 0 Å². The first-order valence-corrected chi connectivity index (χ1v) is 23.5. The fourth-order valence-electron chi connectivity index (χ4n) is 11.1. The second-order valence-electron chi connectivity index (χ2n) is 21.8. The molecule has 6 rings (SSSR count). The summed E-state index contributed by atoms with van der Waals surface area (Å²) in [7, 11) is 0. The van der Waals surface area contributed by atoms with E-state index in [0.717, 1.165) is 0 Å². The zero-order chi connectivity index (χ0) is 50.3. The van der Waals surface area contributed by atoms with Crippen molar-refractivity contribution in [2.24, 2.45) is 17.3 Å². The maximum atomic E-state index is 15.0. The van der Waals surface area contributed by atoms with E-state index < -0.39 is 100 Å². The van der Waals surface area contributed by atoms with Gasteiger partial charge in [0.1, 0.15) is 34.3 Å². The SMILES string of the molecule is C=C(C)[C@H]1C(CC(C)(C)OC(=O)N2[C@H](c3cccc(F)c3)CC[C@@H]2C(C)(C)C#N)C[C@@H](c2cccc(F)c2)N1C(=O)OC(C)(C)CC1C[C@@H](c2cccc(F)c2)N(C(=O)OC(C)(C)C)[C@H]1C(C)=O. The average molecular weight is 941 g/mol. The summed E-state index contributed by atoms with van der Waals surface area (Å²) < 4.78 is 62.8. The second-order valence-corrected chi connectivity index (χ2v) is 21.8. The number of hydrogen-bond acceptors (Lipinski definition) is 8. The molecule has 3 aromatic rings. The minimum Gasteiger partial charge on any atom is -0.444 e. The standard InChI is InChI=1S/C54H67F3N4O7/c1-32(2)46-37(29-53(9,10)67-48(63)59-42(34-16-13-19-39(55)24-34)22-23-45(59)52(7,8)31-58)27-43(35-17-14-20-40(56)25-35)60(46)50(65)68-54(11,12)30-38-28-44(36-18-15-21-41(57)26-36)61(47(38)33(3)62)49(64)66-51(4,5)6/h13-21,24-26,37-38,42-47H,1,22-23,27-30H2,2-12H3/t37?,38?,42-,43-,44-,45+,46-,47-/m0/s1. The van der Waals surface area contributed by atoms with Crippen LogP contribution in [-0.4, -0.2) is 73.7 Å². The quantitative estimate of drug-likeness (QED) is 0.130. The lowest BCUT2D eigenvalue weighted by atomic mass is 9.84. The van der Waals surface area contributed by atoms with Crippen molar-refractivity contribution in [2.75, 3.05) is 0 Å². The van der Waals surface area contributed by atoms with Gasteiger partial charge in [0.15, 0.2) is 5.78 Å². The predicted octanol–water partition coefficient (Wildman–Crippen LogP) is 12.7. The molecule has 3 aliphatic heterocycles. The third-order valence-corrected chi connectivity index (χ3v) is 13.6. The lowest BCUT2D eigenvalue weighted by molar-refractivity contribution is -0.123. The summed E-state index contributed by atoms with van der Waals surface area (Å²) in [5.74, 6) is -2.66. The molecular weight excluding hydrogens is 874 g/mol. The Labute approximate surface area is 399 Å². The summed E-state index contributed by atoms with van der Waals surface area (Å²) in [5.41, 5.74) is -1.99. The lowest BCUT2D eigenvalue weighted by Gasteiger charge is -2.39. The zero-order valence-corrected chi connectivity index (χ0v) is 41.3. The predicted molar refractivity (Wildman–Crippen MR) is 251 cm³/mol. The number of amides is 3. The second kappa shape index (κ2) is 19.6. The molecule has 0 aliphatic carbocycles. The number of nitrogens with zero attached hydrogens (tertiary/aromatic N) is 4. The third-order valence-electron chi connectivity index (χ3n) is 13.6. The van der Waals surface area contributed by atoms with Crippen molar-refractivity contribution in [3.05, 3.63) is 119 Å². The zero-order valence-electron chi connectivity index (χ0n) is 41.3. The van der Waals surface area contributed by atoms with E-state index in [9.17, 15) is 37.6 Å². The molecular formula is C54H67F3N4O7. The Bertz CT molecular complexity index is 2440. The summed E-state index contributed by atoms with van der Waals surface area (Å²) >= 11 is 0. The molecule has 0 bridgehead atoms. The molecule has 0 spiro atoms. The molecule has 3 fully saturated rings. The van der Waals surface area contributed by atoms with Crippen LogP contribution in [-0.2, 0) is 19.0 Å². The third kappa shape index (κ3) is 11.5. The Morgan fingerprint density at radius 1 is 0.618 bits per heavy atom. The number of nitriles is 1. The summed E-state index contributed by atoms with van der Waals surface area (Å²) in [4.78, 5) is 61.4. The van der Waals surface area contributed by atoms with Crippen LogP contribution >= 0.6 is 0 Å². The smallest absolute Gasteiger partial charge is 0.411 e. The van der Waals surface area contributed by atoms with E-state index in [1.165, 1.54) is 48.2 Å². The van der Waals surface area contributed by atoms with Gasteiger partial charge in [-0.3, -0.25) is 19.5 Å². The van der Waals surface area contributed by atoms with Crippen molar-refractivity contribution >= 4 is 24.1 Å². The Kier molecular flexibility index (Phi) is 14.9. The van der Waals surface area contributed by atoms with Gasteiger partial charge in [-0.1, -0.05) is 48.6 Å². The summed E-state index contributed by atoms with van der Waals surface area (Å²) in [6.45, 7) is 23.2. The number of halogens is 3. The van der Waals surface area contributed by atoms with Gasteiger partial charge in [-0.15, -0.1) is 0 Å². The highest BCUT2D eigenvalue weighted by Crippen LogP contribution is 2.50. The number of likely N-dealkylation sites (tertiary alicyclic amines) is 3. The molecule has 3 aromatic carbocycles. The van der Waals surface area contributed by atoms with Crippen LogP contribution in [0, 0.1) is 46.0 Å². The van der Waals surface area contributed by atoms with Gasteiger partial charge in [-0.05, 0) is 180 Å². The molecule has 11 nitrogen and oxygen atoms in total. The number of ether oxygens (including phenoxy) is 3. The van der Waals surface area contributed by atoms with Crippen molar-refractivity contribution in [3.63, 3.8) is 0 Å². The fraction of sp³-hybridized carbons (Fsp3) is 0.537. The largest absolute Gasteiger partial charge is 0.444 e. The number of carbonyl (C=O) groups excluding carboxylic acids is 4. The summed E-state index contributed by atoms with van der Waals surface area (Å²) in [6, 6.07) is 16.2. The summed E-state index contributed by atoms with van der Waals surface area (Å²) in [6.07, 6.45) is -0.126. The van der Waals surface area contributed by atoms with Crippen LogP contribution in [0.1, 0.15) is 150 Å². The first-order chi connectivity index (χ1) is 31.6. The van der Waals surface area contributed by atoms with Crippen LogP contribution in [0.25, 0.3) is 0 Å². The van der Waals surface area contributed by atoms with E-state index in [1.807, 2.05) is 0 Å².